The summed E-state index contributed by atoms with van der Waals surface area (Å²) in [5.41, 5.74) is 1.01. The number of allylic oxidation sites excluding steroid dienone is 1. The van der Waals surface area contributed by atoms with Crippen LogP contribution in [0.1, 0.15) is 36.5 Å². The van der Waals surface area contributed by atoms with E-state index in [1.807, 2.05) is 6.92 Å². The first-order valence-electron chi connectivity index (χ1n) is 7.54. The lowest BCUT2D eigenvalue weighted by atomic mass is 9.87. The molecule has 6 nitrogen and oxygen atoms in total. The third kappa shape index (κ3) is 4.12. The van der Waals surface area contributed by atoms with Crippen LogP contribution in [-0.4, -0.2) is 41.0 Å². The lowest BCUT2D eigenvalue weighted by Crippen LogP contribution is -2.27. The summed E-state index contributed by atoms with van der Waals surface area (Å²) in [6.45, 7) is 5.85. The average Bonchev–Trinajstić information content (AvgIpc) is 2.50. The van der Waals surface area contributed by atoms with E-state index in [1.54, 1.807) is 13.8 Å². The number of esters is 1. The van der Waals surface area contributed by atoms with Crippen molar-refractivity contribution in [2.24, 2.45) is 5.92 Å². The normalized spacial score (nSPS) is 20.9. The van der Waals surface area contributed by atoms with E-state index in [-0.39, 0.29) is 24.5 Å². The van der Waals surface area contributed by atoms with E-state index in [0.717, 1.165) is 5.57 Å². The molecule has 0 aromatic carbocycles. The highest BCUT2D eigenvalue weighted by molar-refractivity contribution is 5.94. The van der Waals surface area contributed by atoms with Crippen LogP contribution >= 0.6 is 0 Å². The number of halogens is 1. The number of aryl methyl sites for hydroxylation is 1. The minimum Gasteiger partial charge on any atom is -0.462 e. The van der Waals surface area contributed by atoms with Crippen LogP contribution in [0.4, 0.5) is 10.2 Å². The van der Waals surface area contributed by atoms with Crippen molar-refractivity contribution in [3.05, 3.63) is 29.2 Å². The number of hydrogen-bond acceptors (Lipinski definition) is 6. The molecule has 1 aliphatic rings. The van der Waals surface area contributed by atoms with E-state index >= 15 is 0 Å². The molecule has 1 heterocycles. The maximum atomic E-state index is 13.5. The van der Waals surface area contributed by atoms with Crippen molar-refractivity contribution < 1.29 is 18.7 Å². The summed E-state index contributed by atoms with van der Waals surface area (Å²) in [7, 11) is 0. The first kappa shape index (κ1) is 17.1. The predicted molar refractivity (Wildman–Crippen MR) is 83.0 cm³/mol. The van der Waals surface area contributed by atoms with Crippen molar-refractivity contribution in [3.8, 4) is 0 Å². The zero-order chi connectivity index (χ0) is 17.0. The molecular weight excluding hydrogens is 301 g/mol. The summed E-state index contributed by atoms with van der Waals surface area (Å²) in [6.07, 6.45) is 1.37. The first-order chi connectivity index (χ1) is 10.9. The molecule has 0 spiro atoms. The van der Waals surface area contributed by atoms with Crippen molar-refractivity contribution in [3.63, 3.8) is 0 Å². The second-order valence-electron chi connectivity index (χ2n) is 5.47. The van der Waals surface area contributed by atoms with Crippen LogP contribution in [0.15, 0.2) is 17.8 Å². The highest BCUT2D eigenvalue weighted by Gasteiger charge is 2.26. The highest BCUT2D eigenvalue weighted by Crippen LogP contribution is 2.24. The fourth-order valence-electron chi connectivity index (χ4n) is 2.37. The van der Waals surface area contributed by atoms with E-state index in [1.165, 1.54) is 12.3 Å². The molecule has 0 aliphatic heterocycles. The van der Waals surface area contributed by atoms with Crippen LogP contribution in [0.2, 0.25) is 0 Å². The van der Waals surface area contributed by atoms with Crippen LogP contribution in [-0.2, 0) is 9.53 Å². The van der Waals surface area contributed by atoms with Crippen LogP contribution in [0.3, 0.4) is 0 Å². The zero-order valence-corrected chi connectivity index (χ0v) is 13.4. The van der Waals surface area contributed by atoms with Gasteiger partial charge >= 0.3 is 5.97 Å². The number of anilines is 1. The summed E-state index contributed by atoms with van der Waals surface area (Å²) in [4.78, 5) is 31.5. The van der Waals surface area contributed by atoms with Crippen molar-refractivity contribution in [1.29, 1.82) is 0 Å². The largest absolute Gasteiger partial charge is 0.462 e. The average molecular weight is 321 g/mol. The Balaban J connectivity index is 2.17. The number of aromatic nitrogens is 2. The van der Waals surface area contributed by atoms with Crippen molar-refractivity contribution in [1.82, 2.24) is 9.97 Å². The fourth-order valence-corrected chi connectivity index (χ4v) is 2.37. The lowest BCUT2D eigenvalue weighted by Gasteiger charge is -2.22. The maximum absolute atomic E-state index is 13.5. The Morgan fingerprint density at radius 1 is 1.52 bits per heavy atom. The Hall–Kier alpha value is -2.31. The third-order valence-corrected chi connectivity index (χ3v) is 3.67. The summed E-state index contributed by atoms with van der Waals surface area (Å²) in [6, 6.07) is 0. The number of Topliss-reactive ketones (excluding diaryl/α,β-unsaturated/α-hetero) is 1. The van der Waals surface area contributed by atoms with E-state index in [4.69, 9.17) is 4.74 Å². The first-order valence-corrected chi connectivity index (χ1v) is 7.54. The van der Waals surface area contributed by atoms with Crippen molar-refractivity contribution >= 4 is 17.6 Å². The van der Waals surface area contributed by atoms with E-state index in [0.29, 0.717) is 18.2 Å². The molecule has 0 bridgehead atoms. The number of alkyl halides is 1. The molecule has 2 atom stereocenters. The van der Waals surface area contributed by atoms with Gasteiger partial charge in [-0.3, -0.25) is 4.79 Å². The van der Waals surface area contributed by atoms with Gasteiger partial charge in [0.25, 0.3) is 0 Å². The Labute approximate surface area is 134 Å². The van der Waals surface area contributed by atoms with Crippen LogP contribution in [0.25, 0.3) is 0 Å². The summed E-state index contributed by atoms with van der Waals surface area (Å²) in [5.74, 6) is -0.109. The molecule has 0 fully saturated rings. The quantitative estimate of drug-likeness (QED) is 0.662. The van der Waals surface area contributed by atoms with Crippen molar-refractivity contribution in [2.45, 2.75) is 33.4 Å². The number of ketones is 1. The van der Waals surface area contributed by atoms with Crippen LogP contribution in [0, 0.1) is 12.8 Å². The summed E-state index contributed by atoms with van der Waals surface area (Å²) in [5, 5.41) is 3.03. The molecule has 1 aromatic heterocycles. The molecule has 7 heteroatoms. The number of carbonyl (C=O) groups excluding carboxylic acids is 2. The fraction of sp³-hybridized carbons (Fsp3) is 0.500. The minimum atomic E-state index is -1.56. The molecule has 0 saturated heterocycles. The molecule has 1 aromatic rings. The SMILES string of the molecule is CCOC(=O)c1cnc(C)nc1NCC1=CC(F)C(=O)CC1C. The zero-order valence-electron chi connectivity index (χ0n) is 13.4. The Morgan fingerprint density at radius 2 is 2.26 bits per heavy atom. The second kappa shape index (κ2) is 7.30. The van der Waals surface area contributed by atoms with E-state index in [2.05, 4.69) is 15.3 Å². The number of hydrogen-bond donors (Lipinski definition) is 1. The smallest absolute Gasteiger partial charge is 0.343 e. The molecule has 2 rings (SSSR count). The second-order valence-corrected chi connectivity index (χ2v) is 5.47. The Morgan fingerprint density at radius 3 is 2.96 bits per heavy atom. The molecule has 124 valence electrons. The summed E-state index contributed by atoms with van der Waals surface area (Å²) >= 11 is 0. The van der Waals surface area contributed by atoms with Gasteiger partial charge in [-0.2, -0.15) is 0 Å². The van der Waals surface area contributed by atoms with Gasteiger partial charge in [0.1, 0.15) is 17.2 Å². The lowest BCUT2D eigenvalue weighted by molar-refractivity contribution is -0.123. The predicted octanol–water partition coefficient (Wildman–Crippen LogP) is 2.25. The molecule has 1 N–H and O–H groups in total. The molecule has 2 unspecified atom stereocenters. The van der Waals surface area contributed by atoms with Gasteiger partial charge in [-0.15, -0.1) is 0 Å². The Bertz CT molecular complexity index is 645. The number of rotatable bonds is 5. The number of ether oxygens (including phenoxy) is 1. The van der Waals surface area contributed by atoms with Gasteiger partial charge in [-0.05, 0) is 31.4 Å². The number of nitrogens with zero attached hydrogens (tertiary/aromatic N) is 2. The third-order valence-electron chi connectivity index (χ3n) is 3.67. The topological polar surface area (TPSA) is 81.2 Å². The molecule has 0 amide bonds. The molecule has 0 saturated carbocycles. The molecule has 0 radical (unpaired) electrons. The van der Waals surface area contributed by atoms with Crippen LogP contribution < -0.4 is 5.32 Å². The van der Waals surface area contributed by atoms with Gasteiger partial charge in [-0.25, -0.2) is 19.2 Å². The van der Waals surface area contributed by atoms with E-state index in [9.17, 15) is 14.0 Å². The van der Waals surface area contributed by atoms with Gasteiger partial charge in [0.15, 0.2) is 12.0 Å². The highest BCUT2D eigenvalue weighted by atomic mass is 19.1. The van der Waals surface area contributed by atoms with Gasteiger partial charge in [-0.1, -0.05) is 6.92 Å². The van der Waals surface area contributed by atoms with Crippen LogP contribution in [0.5, 0.6) is 0 Å². The standard InChI is InChI=1S/C16H20FN3O3/c1-4-23-16(22)12-8-18-10(3)20-15(12)19-7-11-6-13(17)14(21)5-9(11)2/h6,8-9,13H,4-5,7H2,1-3H3,(H,18,19,20). The minimum absolute atomic E-state index is 0.0454. The van der Waals surface area contributed by atoms with E-state index < -0.39 is 17.9 Å². The van der Waals surface area contributed by atoms with Gasteiger partial charge in [0.2, 0.25) is 0 Å². The molecule has 23 heavy (non-hydrogen) atoms. The number of nitrogens with one attached hydrogen (secondary N) is 1. The molecular formula is C16H20FN3O3. The maximum Gasteiger partial charge on any atom is 0.343 e. The van der Waals surface area contributed by atoms with Gasteiger partial charge in [0.05, 0.1) is 6.61 Å². The molecule has 1 aliphatic carbocycles. The number of carbonyl (C=O) groups is 2. The Kier molecular flexibility index (Phi) is 5.41. The summed E-state index contributed by atoms with van der Waals surface area (Å²) < 4.78 is 18.5. The van der Waals surface area contributed by atoms with Crippen molar-refractivity contribution in [2.75, 3.05) is 18.5 Å². The van der Waals surface area contributed by atoms with Gasteiger partial charge in [0, 0.05) is 19.2 Å². The monoisotopic (exact) mass is 321 g/mol. The van der Waals surface area contributed by atoms with Gasteiger partial charge < -0.3 is 10.1 Å².